The van der Waals surface area contributed by atoms with E-state index in [-0.39, 0.29) is 12.6 Å². The Balaban J connectivity index is 2.81. The minimum atomic E-state index is -0.402. The van der Waals surface area contributed by atoms with Crippen LogP contribution in [0.2, 0.25) is 0 Å². The summed E-state index contributed by atoms with van der Waals surface area (Å²) in [6.07, 6.45) is 0. The lowest BCUT2D eigenvalue weighted by Gasteiger charge is -2.24. The van der Waals surface area contributed by atoms with Gasteiger partial charge in [0, 0.05) is 25.3 Å². The number of esters is 1. The van der Waals surface area contributed by atoms with Crippen molar-refractivity contribution in [3.63, 3.8) is 0 Å². The average Bonchev–Trinajstić information content (AvgIpc) is 2.29. The maximum Gasteiger partial charge on any atom is 0.337 e. The van der Waals surface area contributed by atoms with E-state index in [4.69, 9.17) is 10.5 Å². The molecule has 0 bridgehead atoms. The summed E-state index contributed by atoms with van der Waals surface area (Å²) in [5.41, 5.74) is 6.49. The van der Waals surface area contributed by atoms with Crippen molar-refractivity contribution in [3.8, 4) is 0 Å². The van der Waals surface area contributed by atoms with E-state index in [9.17, 15) is 9.59 Å². The van der Waals surface area contributed by atoms with Gasteiger partial charge in [-0.3, -0.25) is 4.90 Å². The Morgan fingerprint density at radius 1 is 1.56 bits per heavy atom. The molecule has 1 heterocycles. The topological polar surface area (TPSA) is 96.7 Å². The van der Waals surface area contributed by atoms with Crippen molar-refractivity contribution in [3.05, 3.63) is 11.3 Å². The normalized spacial score (nSPS) is 15.4. The monoisotopic (exact) mass is 256 g/mol. The Morgan fingerprint density at radius 3 is 2.89 bits per heavy atom. The minimum Gasteiger partial charge on any atom is -0.463 e. The van der Waals surface area contributed by atoms with Crippen molar-refractivity contribution in [2.24, 2.45) is 5.73 Å². The summed E-state index contributed by atoms with van der Waals surface area (Å²) >= 11 is 0. The SMILES string of the molecule is CCOC(=O)C1=C(CN(C)CCN)NC(=O)NC1. The second-order valence-corrected chi connectivity index (χ2v) is 4.01. The van der Waals surface area contributed by atoms with Crippen LogP contribution in [0.4, 0.5) is 4.79 Å². The van der Waals surface area contributed by atoms with Crippen LogP contribution in [0.25, 0.3) is 0 Å². The molecule has 1 aliphatic heterocycles. The summed E-state index contributed by atoms with van der Waals surface area (Å²) in [6, 6.07) is -0.306. The first-order valence-electron chi connectivity index (χ1n) is 5.91. The second kappa shape index (κ2) is 6.97. The molecule has 0 spiro atoms. The van der Waals surface area contributed by atoms with E-state index in [1.165, 1.54) is 0 Å². The molecule has 0 aromatic carbocycles. The molecular weight excluding hydrogens is 236 g/mol. The zero-order valence-corrected chi connectivity index (χ0v) is 10.8. The number of amides is 2. The molecule has 4 N–H and O–H groups in total. The standard InChI is InChI=1S/C11H20N4O3/c1-3-18-10(16)8-6-13-11(17)14-9(8)7-15(2)5-4-12/h3-7,12H2,1-2H3,(H2,13,14,17). The highest BCUT2D eigenvalue weighted by atomic mass is 16.5. The van der Waals surface area contributed by atoms with Crippen LogP contribution in [0, 0.1) is 0 Å². The van der Waals surface area contributed by atoms with E-state index < -0.39 is 5.97 Å². The van der Waals surface area contributed by atoms with Crippen LogP contribution < -0.4 is 16.4 Å². The quantitative estimate of drug-likeness (QED) is 0.530. The lowest BCUT2D eigenvalue weighted by atomic mass is 10.1. The number of likely N-dealkylation sites (N-methyl/N-ethyl adjacent to an activating group) is 1. The molecule has 0 saturated heterocycles. The molecule has 0 aromatic heterocycles. The summed E-state index contributed by atoms with van der Waals surface area (Å²) in [7, 11) is 1.87. The molecule has 7 nitrogen and oxygen atoms in total. The van der Waals surface area contributed by atoms with Gasteiger partial charge >= 0.3 is 12.0 Å². The van der Waals surface area contributed by atoms with Crippen LogP contribution in [-0.4, -0.2) is 56.7 Å². The summed E-state index contributed by atoms with van der Waals surface area (Å²) in [5.74, 6) is -0.402. The number of carbonyl (C=O) groups excluding carboxylic acids is 2. The third-order valence-corrected chi connectivity index (χ3v) is 2.52. The molecule has 1 aliphatic rings. The Morgan fingerprint density at radius 2 is 2.28 bits per heavy atom. The van der Waals surface area contributed by atoms with Gasteiger partial charge in [-0.1, -0.05) is 0 Å². The number of urea groups is 1. The molecule has 0 radical (unpaired) electrons. The molecule has 18 heavy (non-hydrogen) atoms. The van der Waals surface area contributed by atoms with Gasteiger partial charge in [0.2, 0.25) is 0 Å². The fourth-order valence-corrected chi connectivity index (χ4v) is 1.65. The van der Waals surface area contributed by atoms with E-state index in [0.29, 0.717) is 37.5 Å². The zero-order chi connectivity index (χ0) is 13.5. The number of nitrogens with one attached hydrogen (secondary N) is 2. The van der Waals surface area contributed by atoms with Crippen molar-refractivity contribution in [1.82, 2.24) is 15.5 Å². The predicted molar refractivity (Wildman–Crippen MR) is 66.7 cm³/mol. The first-order valence-corrected chi connectivity index (χ1v) is 5.91. The number of nitrogens with zero attached hydrogens (tertiary/aromatic N) is 1. The number of rotatable bonds is 6. The van der Waals surface area contributed by atoms with Gasteiger partial charge in [0.25, 0.3) is 0 Å². The number of hydrogen-bond donors (Lipinski definition) is 3. The number of ether oxygens (including phenoxy) is 1. The smallest absolute Gasteiger partial charge is 0.337 e. The van der Waals surface area contributed by atoms with E-state index in [0.717, 1.165) is 0 Å². The molecule has 0 aliphatic carbocycles. The molecule has 0 atom stereocenters. The van der Waals surface area contributed by atoms with Crippen molar-refractivity contribution in [1.29, 1.82) is 0 Å². The van der Waals surface area contributed by atoms with Crippen LogP contribution in [0.3, 0.4) is 0 Å². The van der Waals surface area contributed by atoms with Crippen molar-refractivity contribution >= 4 is 12.0 Å². The van der Waals surface area contributed by atoms with E-state index in [2.05, 4.69) is 10.6 Å². The van der Waals surface area contributed by atoms with Crippen LogP contribution >= 0.6 is 0 Å². The molecule has 1 rings (SSSR count). The van der Waals surface area contributed by atoms with E-state index in [1.54, 1.807) is 6.92 Å². The van der Waals surface area contributed by atoms with Gasteiger partial charge in [-0.15, -0.1) is 0 Å². The van der Waals surface area contributed by atoms with Crippen molar-refractivity contribution in [2.75, 3.05) is 39.8 Å². The summed E-state index contributed by atoms with van der Waals surface area (Å²) in [6.45, 7) is 3.90. The lowest BCUT2D eigenvalue weighted by molar-refractivity contribution is -0.138. The first-order chi connectivity index (χ1) is 8.58. The Bertz CT molecular complexity index is 354. The van der Waals surface area contributed by atoms with Crippen molar-refractivity contribution in [2.45, 2.75) is 6.92 Å². The van der Waals surface area contributed by atoms with Gasteiger partial charge < -0.3 is 21.1 Å². The second-order valence-electron chi connectivity index (χ2n) is 4.01. The molecular formula is C11H20N4O3. The highest BCUT2D eigenvalue weighted by molar-refractivity contribution is 5.93. The van der Waals surface area contributed by atoms with Crippen LogP contribution in [0.1, 0.15) is 6.92 Å². The third-order valence-electron chi connectivity index (χ3n) is 2.52. The molecule has 102 valence electrons. The maximum absolute atomic E-state index is 11.7. The van der Waals surface area contributed by atoms with Crippen LogP contribution in [0.15, 0.2) is 11.3 Å². The van der Waals surface area contributed by atoms with Gasteiger partial charge in [0.1, 0.15) is 0 Å². The minimum absolute atomic E-state index is 0.191. The zero-order valence-electron chi connectivity index (χ0n) is 10.8. The number of carbonyl (C=O) groups is 2. The number of nitrogens with two attached hydrogens (primary N) is 1. The predicted octanol–water partition coefficient (Wildman–Crippen LogP) is -0.993. The number of hydrogen-bond acceptors (Lipinski definition) is 5. The summed E-state index contributed by atoms with van der Waals surface area (Å²) < 4.78 is 4.96. The molecule has 0 fully saturated rings. The van der Waals surface area contributed by atoms with Crippen LogP contribution in [-0.2, 0) is 9.53 Å². The fraction of sp³-hybridized carbons (Fsp3) is 0.636. The van der Waals surface area contributed by atoms with Gasteiger partial charge in [0.05, 0.1) is 18.7 Å². The van der Waals surface area contributed by atoms with Crippen molar-refractivity contribution < 1.29 is 14.3 Å². The molecule has 2 amide bonds. The Labute approximate surface area is 106 Å². The van der Waals surface area contributed by atoms with Gasteiger partial charge in [-0.2, -0.15) is 0 Å². The fourth-order valence-electron chi connectivity index (χ4n) is 1.65. The Kier molecular flexibility index (Phi) is 5.60. The highest BCUT2D eigenvalue weighted by Gasteiger charge is 2.23. The van der Waals surface area contributed by atoms with Gasteiger partial charge in [0.15, 0.2) is 0 Å². The summed E-state index contributed by atoms with van der Waals surface area (Å²) in [5, 5.41) is 5.20. The molecule has 7 heteroatoms. The van der Waals surface area contributed by atoms with Gasteiger partial charge in [-0.25, -0.2) is 9.59 Å². The molecule has 0 unspecified atom stereocenters. The molecule has 0 saturated carbocycles. The Hall–Kier alpha value is -1.60. The van der Waals surface area contributed by atoms with E-state index in [1.807, 2.05) is 11.9 Å². The van der Waals surface area contributed by atoms with Crippen LogP contribution in [0.5, 0.6) is 0 Å². The summed E-state index contributed by atoms with van der Waals surface area (Å²) in [4.78, 5) is 25.0. The lowest BCUT2D eigenvalue weighted by Crippen LogP contribution is -2.46. The van der Waals surface area contributed by atoms with E-state index >= 15 is 0 Å². The maximum atomic E-state index is 11.7. The molecule has 0 aromatic rings. The average molecular weight is 256 g/mol. The first kappa shape index (κ1) is 14.5. The van der Waals surface area contributed by atoms with Gasteiger partial charge in [-0.05, 0) is 14.0 Å². The largest absolute Gasteiger partial charge is 0.463 e. The third kappa shape index (κ3) is 4.01. The highest BCUT2D eigenvalue weighted by Crippen LogP contribution is 2.09.